The normalized spacial score (nSPS) is 10.3. The van der Waals surface area contributed by atoms with Crippen LogP contribution in [0.25, 0.3) is 11.1 Å². The molecule has 5 nitrogen and oxygen atoms in total. The lowest BCUT2D eigenvalue weighted by atomic mass is 10.0. The van der Waals surface area contributed by atoms with Gasteiger partial charge in [0.25, 0.3) is 5.91 Å². The number of nitrogens with one attached hydrogen (secondary N) is 2. The summed E-state index contributed by atoms with van der Waals surface area (Å²) in [7, 11) is 3.85. The highest BCUT2D eigenvalue weighted by Crippen LogP contribution is 2.22. The Hall–Kier alpha value is -3.67. The Morgan fingerprint density at radius 1 is 0.897 bits per heavy atom. The molecule has 2 amide bonds. The van der Waals surface area contributed by atoms with Crippen molar-refractivity contribution in [1.82, 2.24) is 5.32 Å². The van der Waals surface area contributed by atoms with Crippen LogP contribution < -0.4 is 15.5 Å². The molecule has 0 aromatic heterocycles. The standard InChI is InChI=1S/C23H22FN3O2/c1-27(2)19-11-9-18(10-12-19)26-22(28)15-25-23(29)20-14-17(8-13-21(20)24)16-6-4-3-5-7-16/h3-14H,15H2,1-2H3,(H,25,29)(H,26,28). The molecule has 0 spiro atoms. The second kappa shape index (κ2) is 9.01. The van der Waals surface area contributed by atoms with Gasteiger partial charge in [-0.15, -0.1) is 0 Å². The van der Waals surface area contributed by atoms with Crippen LogP contribution in [0.1, 0.15) is 10.4 Å². The average Bonchev–Trinajstić information content (AvgIpc) is 2.73. The Kier molecular flexibility index (Phi) is 6.24. The van der Waals surface area contributed by atoms with Gasteiger partial charge in [0.2, 0.25) is 5.91 Å². The van der Waals surface area contributed by atoms with Gasteiger partial charge in [0.1, 0.15) is 5.82 Å². The molecule has 0 aliphatic carbocycles. The van der Waals surface area contributed by atoms with Crippen molar-refractivity contribution in [2.75, 3.05) is 30.9 Å². The smallest absolute Gasteiger partial charge is 0.254 e. The molecule has 0 atom stereocenters. The van der Waals surface area contributed by atoms with Crippen molar-refractivity contribution >= 4 is 23.2 Å². The average molecular weight is 391 g/mol. The van der Waals surface area contributed by atoms with E-state index < -0.39 is 17.6 Å². The lowest BCUT2D eigenvalue weighted by molar-refractivity contribution is -0.115. The molecular formula is C23H22FN3O2. The van der Waals surface area contributed by atoms with Gasteiger partial charge in [0, 0.05) is 25.5 Å². The summed E-state index contributed by atoms with van der Waals surface area (Å²) in [6.07, 6.45) is 0. The molecule has 3 rings (SSSR count). The van der Waals surface area contributed by atoms with Gasteiger partial charge in [0.15, 0.2) is 0 Å². The molecule has 29 heavy (non-hydrogen) atoms. The third-order valence-electron chi connectivity index (χ3n) is 4.40. The molecule has 148 valence electrons. The number of benzene rings is 3. The predicted molar refractivity (Wildman–Crippen MR) is 114 cm³/mol. The van der Waals surface area contributed by atoms with E-state index in [4.69, 9.17) is 0 Å². The molecule has 6 heteroatoms. The molecule has 0 fully saturated rings. The van der Waals surface area contributed by atoms with E-state index in [1.807, 2.05) is 61.5 Å². The number of rotatable bonds is 6. The minimum Gasteiger partial charge on any atom is -0.378 e. The number of nitrogens with zero attached hydrogens (tertiary/aromatic N) is 1. The summed E-state index contributed by atoms with van der Waals surface area (Å²) in [5, 5.41) is 5.17. The second-order valence-electron chi connectivity index (χ2n) is 6.73. The number of hydrogen-bond acceptors (Lipinski definition) is 3. The number of carbonyl (C=O) groups excluding carboxylic acids is 2. The zero-order chi connectivity index (χ0) is 20.8. The number of hydrogen-bond donors (Lipinski definition) is 2. The van der Waals surface area contributed by atoms with Crippen LogP contribution in [0.5, 0.6) is 0 Å². The number of amides is 2. The van der Waals surface area contributed by atoms with E-state index in [9.17, 15) is 14.0 Å². The summed E-state index contributed by atoms with van der Waals surface area (Å²) < 4.78 is 14.1. The monoisotopic (exact) mass is 391 g/mol. The molecule has 3 aromatic carbocycles. The fourth-order valence-corrected chi connectivity index (χ4v) is 2.81. The van der Waals surface area contributed by atoms with E-state index in [-0.39, 0.29) is 12.1 Å². The van der Waals surface area contributed by atoms with Crippen molar-refractivity contribution in [3.8, 4) is 11.1 Å². The van der Waals surface area contributed by atoms with Gasteiger partial charge in [0.05, 0.1) is 12.1 Å². The minimum absolute atomic E-state index is 0.102. The molecule has 0 aliphatic heterocycles. The van der Waals surface area contributed by atoms with E-state index in [0.29, 0.717) is 5.69 Å². The fraction of sp³-hybridized carbons (Fsp3) is 0.130. The Labute approximate surface area is 169 Å². The van der Waals surface area contributed by atoms with Crippen LogP contribution >= 0.6 is 0 Å². The topological polar surface area (TPSA) is 61.4 Å². The second-order valence-corrected chi connectivity index (χ2v) is 6.73. The van der Waals surface area contributed by atoms with Crippen LogP contribution in [0.15, 0.2) is 72.8 Å². The van der Waals surface area contributed by atoms with Gasteiger partial charge in [-0.05, 0) is 47.5 Å². The van der Waals surface area contributed by atoms with E-state index in [2.05, 4.69) is 10.6 Å². The summed E-state index contributed by atoms with van der Waals surface area (Å²) in [4.78, 5) is 26.4. The van der Waals surface area contributed by atoms with Crippen molar-refractivity contribution in [2.45, 2.75) is 0 Å². The van der Waals surface area contributed by atoms with E-state index in [1.54, 1.807) is 18.2 Å². The van der Waals surface area contributed by atoms with Gasteiger partial charge < -0.3 is 15.5 Å². The number of carbonyl (C=O) groups is 2. The van der Waals surface area contributed by atoms with Gasteiger partial charge in [-0.3, -0.25) is 9.59 Å². The first-order valence-electron chi connectivity index (χ1n) is 9.14. The highest BCUT2D eigenvalue weighted by atomic mass is 19.1. The molecule has 2 N–H and O–H groups in total. The third-order valence-corrected chi connectivity index (χ3v) is 4.40. The van der Waals surface area contributed by atoms with Gasteiger partial charge in [-0.2, -0.15) is 0 Å². The maximum Gasteiger partial charge on any atom is 0.254 e. The Balaban J connectivity index is 1.62. The summed E-state index contributed by atoms with van der Waals surface area (Å²) in [5.41, 5.74) is 3.12. The molecule has 3 aromatic rings. The Morgan fingerprint density at radius 2 is 1.59 bits per heavy atom. The summed E-state index contributed by atoms with van der Waals surface area (Å²) in [6, 6.07) is 21.0. The van der Waals surface area contributed by atoms with Crippen molar-refractivity contribution in [1.29, 1.82) is 0 Å². The molecule has 0 saturated carbocycles. The lowest BCUT2D eigenvalue weighted by Crippen LogP contribution is -2.33. The highest BCUT2D eigenvalue weighted by Gasteiger charge is 2.14. The van der Waals surface area contributed by atoms with Crippen LogP contribution in [0.3, 0.4) is 0 Å². The zero-order valence-electron chi connectivity index (χ0n) is 16.3. The van der Waals surface area contributed by atoms with Crippen molar-refractivity contribution < 1.29 is 14.0 Å². The summed E-state index contributed by atoms with van der Waals surface area (Å²) in [6.45, 7) is -0.261. The van der Waals surface area contributed by atoms with E-state index >= 15 is 0 Å². The molecule has 0 heterocycles. The molecule has 0 aliphatic rings. The van der Waals surface area contributed by atoms with Crippen LogP contribution in [-0.4, -0.2) is 32.5 Å². The lowest BCUT2D eigenvalue weighted by Gasteiger charge is -2.13. The largest absolute Gasteiger partial charge is 0.378 e. The summed E-state index contributed by atoms with van der Waals surface area (Å²) >= 11 is 0. The Morgan fingerprint density at radius 3 is 2.24 bits per heavy atom. The maximum absolute atomic E-state index is 14.1. The van der Waals surface area contributed by atoms with Crippen molar-refractivity contribution in [3.63, 3.8) is 0 Å². The van der Waals surface area contributed by atoms with Crippen LogP contribution in [-0.2, 0) is 4.79 Å². The molecule has 0 saturated heterocycles. The zero-order valence-corrected chi connectivity index (χ0v) is 16.3. The van der Waals surface area contributed by atoms with E-state index in [0.717, 1.165) is 16.8 Å². The van der Waals surface area contributed by atoms with Crippen molar-refractivity contribution in [3.05, 3.63) is 84.2 Å². The van der Waals surface area contributed by atoms with Crippen molar-refractivity contribution in [2.24, 2.45) is 0 Å². The Bertz CT molecular complexity index is 1000. The predicted octanol–water partition coefficient (Wildman–Crippen LogP) is 3.93. The number of halogens is 1. The van der Waals surface area contributed by atoms with Gasteiger partial charge in [-0.25, -0.2) is 4.39 Å². The molecule has 0 unspecified atom stereocenters. The van der Waals surface area contributed by atoms with Crippen LogP contribution in [0.4, 0.5) is 15.8 Å². The number of anilines is 2. The van der Waals surface area contributed by atoms with Gasteiger partial charge in [-0.1, -0.05) is 36.4 Å². The van der Waals surface area contributed by atoms with E-state index in [1.165, 1.54) is 12.1 Å². The first-order valence-corrected chi connectivity index (χ1v) is 9.14. The molecular weight excluding hydrogens is 369 g/mol. The highest BCUT2D eigenvalue weighted by molar-refractivity contribution is 6.00. The van der Waals surface area contributed by atoms with Crippen LogP contribution in [0, 0.1) is 5.82 Å². The SMILES string of the molecule is CN(C)c1ccc(NC(=O)CNC(=O)c2cc(-c3ccccc3)ccc2F)cc1. The fourth-order valence-electron chi connectivity index (χ4n) is 2.81. The summed E-state index contributed by atoms with van der Waals surface area (Å²) in [5.74, 6) is -1.67. The quantitative estimate of drug-likeness (QED) is 0.669. The first kappa shape index (κ1) is 20.1. The van der Waals surface area contributed by atoms with Crippen LogP contribution in [0.2, 0.25) is 0 Å². The maximum atomic E-state index is 14.1. The minimum atomic E-state index is -0.640. The molecule has 0 radical (unpaired) electrons. The first-order chi connectivity index (χ1) is 13.9. The van der Waals surface area contributed by atoms with Gasteiger partial charge >= 0.3 is 0 Å². The third kappa shape index (κ3) is 5.19. The molecule has 0 bridgehead atoms.